The fourth-order valence-corrected chi connectivity index (χ4v) is 1.02. The fourth-order valence-electron chi connectivity index (χ4n) is 1.02. The highest BCUT2D eigenvalue weighted by Crippen LogP contribution is 2.24. The predicted octanol–water partition coefficient (Wildman–Crippen LogP) is -0.565. The van der Waals surface area contributed by atoms with Gasteiger partial charge < -0.3 is 10.2 Å². The molecule has 1 aliphatic rings. The zero-order valence-corrected chi connectivity index (χ0v) is 5.79. The van der Waals surface area contributed by atoms with Gasteiger partial charge in [-0.15, -0.1) is 0 Å². The summed E-state index contributed by atoms with van der Waals surface area (Å²) in [5, 5.41) is 2.73. The first-order valence-electron chi connectivity index (χ1n) is 3.12. The predicted molar refractivity (Wildman–Crippen MR) is 35.1 cm³/mol. The molecule has 0 saturated heterocycles. The smallest absolute Gasteiger partial charge is 0.207 e. The van der Waals surface area contributed by atoms with Crippen molar-refractivity contribution in [2.24, 2.45) is 0 Å². The van der Waals surface area contributed by atoms with E-state index < -0.39 is 0 Å². The van der Waals surface area contributed by atoms with Gasteiger partial charge in [-0.3, -0.25) is 4.79 Å². The van der Waals surface area contributed by atoms with E-state index in [9.17, 15) is 4.79 Å². The molecule has 3 nitrogen and oxygen atoms in total. The molecular formula is C6H12N2O. The third-order valence-electron chi connectivity index (χ3n) is 1.70. The number of hydrogen-bond donors (Lipinski definition) is 1. The molecule has 52 valence electrons. The molecule has 0 aliphatic heterocycles. The number of rotatable bonds is 3. The number of amides is 1. The van der Waals surface area contributed by atoms with Gasteiger partial charge in [-0.05, 0) is 20.5 Å². The van der Waals surface area contributed by atoms with Gasteiger partial charge in [0.2, 0.25) is 6.41 Å². The lowest BCUT2D eigenvalue weighted by Crippen LogP contribution is -2.25. The molecule has 1 aliphatic carbocycles. The van der Waals surface area contributed by atoms with Gasteiger partial charge in [0.25, 0.3) is 0 Å². The summed E-state index contributed by atoms with van der Waals surface area (Å²) in [6.07, 6.45) is 1.87. The molecule has 0 aromatic rings. The van der Waals surface area contributed by atoms with E-state index in [-0.39, 0.29) is 0 Å². The molecule has 0 aromatic carbocycles. The van der Waals surface area contributed by atoms with E-state index in [4.69, 9.17) is 0 Å². The van der Waals surface area contributed by atoms with E-state index in [1.54, 1.807) is 0 Å². The molecule has 0 spiro atoms. The summed E-state index contributed by atoms with van der Waals surface area (Å²) in [6, 6.07) is 0.993. The highest BCUT2D eigenvalue weighted by Gasteiger charge is 2.38. The van der Waals surface area contributed by atoms with Crippen molar-refractivity contribution in [2.75, 3.05) is 14.1 Å². The Kier molecular flexibility index (Phi) is 1.71. The van der Waals surface area contributed by atoms with E-state index >= 15 is 0 Å². The van der Waals surface area contributed by atoms with Gasteiger partial charge in [-0.2, -0.15) is 0 Å². The normalized spacial score (nSPS) is 32.3. The number of hydrogen-bond acceptors (Lipinski definition) is 2. The van der Waals surface area contributed by atoms with Crippen molar-refractivity contribution in [1.29, 1.82) is 0 Å². The molecule has 1 saturated carbocycles. The summed E-state index contributed by atoms with van der Waals surface area (Å²) in [5.74, 6) is 0. The molecule has 9 heavy (non-hydrogen) atoms. The maximum Gasteiger partial charge on any atom is 0.207 e. The van der Waals surface area contributed by atoms with Crippen LogP contribution in [0.2, 0.25) is 0 Å². The summed E-state index contributed by atoms with van der Waals surface area (Å²) in [5.41, 5.74) is 0. The molecule has 0 radical (unpaired) electrons. The average Bonchev–Trinajstić information content (AvgIpc) is 2.47. The number of nitrogens with one attached hydrogen (secondary N) is 1. The van der Waals surface area contributed by atoms with Crippen LogP contribution in [0.5, 0.6) is 0 Å². The van der Waals surface area contributed by atoms with Crippen molar-refractivity contribution in [3.8, 4) is 0 Å². The Morgan fingerprint density at radius 2 is 2.33 bits per heavy atom. The molecule has 1 amide bonds. The van der Waals surface area contributed by atoms with Crippen LogP contribution in [0.4, 0.5) is 0 Å². The minimum atomic E-state index is 0.414. The van der Waals surface area contributed by atoms with Crippen molar-refractivity contribution in [3.05, 3.63) is 0 Å². The minimum absolute atomic E-state index is 0.414. The monoisotopic (exact) mass is 128 g/mol. The van der Waals surface area contributed by atoms with Crippen molar-refractivity contribution >= 4 is 6.41 Å². The second kappa shape index (κ2) is 2.35. The first kappa shape index (κ1) is 6.55. The molecule has 3 heteroatoms. The number of carbonyl (C=O) groups excluding carboxylic acids is 1. The Morgan fingerprint density at radius 3 is 2.67 bits per heavy atom. The van der Waals surface area contributed by atoms with Crippen molar-refractivity contribution in [2.45, 2.75) is 18.5 Å². The first-order chi connectivity index (χ1) is 4.25. The number of carbonyl (C=O) groups is 1. The lowest BCUT2D eigenvalue weighted by molar-refractivity contribution is -0.109. The topological polar surface area (TPSA) is 32.3 Å². The Labute approximate surface area is 55.0 Å². The van der Waals surface area contributed by atoms with Gasteiger partial charge in [0.1, 0.15) is 0 Å². The second-order valence-electron chi connectivity index (χ2n) is 2.66. The van der Waals surface area contributed by atoms with E-state index in [1.165, 1.54) is 0 Å². The van der Waals surface area contributed by atoms with Gasteiger partial charge >= 0.3 is 0 Å². The summed E-state index contributed by atoms with van der Waals surface area (Å²) in [7, 11) is 4.05. The summed E-state index contributed by atoms with van der Waals surface area (Å²) in [6.45, 7) is 0. The summed E-state index contributed by atoms with van der Waals surface area (Å²) < 4.78 is 0. The van der Waals surface area contributed by atoms with Crippen LogP contribution in [-0.4, -0.2) is 37.5 Å². The van der Waals surface area contributed by atoms with Crippen LogP contribution >= 0.6 is 0 Å². The highest BCUT2D eigenvalue weighted by atomic mass is 16.1. The van der Waals surface area contributed by atoms with E-state index in [2.05, 4.69) is 10.2 Å². The van der Waals surface area contributed by atoms with Crippen LogP contribution in [0, 0.1) is 0 Å². The van der Waals surface area contributed by atoms with Crippen LogP contribution in [-0.2, 0) is 4.79 Å². The minimum Gasteiger partial charge on any atom is -0.354 e. The lowest BCUT2D eigenvalue weighted by Gasteiger charge is -2.06. The first-order valence-corrected chi connectivity index (χ1v) is 3.12. The zero-order valence-electron chi connectivity index (χ0n) is 5.79. The van der Waals surface area contributed by atoms with E-state index in [0.29, 0.717) is 12.1 Å². The van der Waals surface area contributed by atoms with Crippen LogP contribution in [0.15, 0.2) is 0 Å². The van der Waals surface area contributed by atoms with Crippen LogP contribution in [0.25, 0.3) is 0 Å². The number of nitrogens with zero attached hydrogens (tertiary/aromatic N) is 1. The molecule has 0 aromatic heterocycles. The molecule has 2 atom stereocenters. The molecule has 1 rings (SSSR count). The van der Waals surface area contributed by atoms with E-state index in [1.807, 2.05) is 14.1 Å². The van der Waals surface area contributed by atoms with Crippen LogP contribution < -0.4 is 5.32 Å². The van der Waals surface area contributed by atoms with Gasteiger partial charge in [-0.25, -0.2) is 0 Å². The molecule has 2 unspecified atom stereocenters. The SMILES string of the molecule is CN(C)C1CC1NC=O. The Bertz CT molecular complexity index is 114. The van der Waals surface area contributed by atoms with Crippen molar-refractivity contribution in [1.82, 2.24) is 10.2 Å². The van der Waals surface area contributed by atoms with Gasteiger partial charge in [0.05, 0.1) is 0 Å². The van der Waals surface area contributed by atoms with Crippen LogP contribution in [0.3, 0.4) is 0 Å². The average molecular weight is 128 g/mol. The van der Waals surface area contributed by atoms with Gasteiger partial charge in [0, 0.05) is 12.1 Å². The Balaban J connectivity index is 2.16. The Hall–Kier alpha value is -0.570. The maximum absolute atomic E-state index is 9.89. The largest absolute Gasteiger partial charge is 0.354 e. The lowest BCUT2D eigenvalue weighted by atomic mass is 10.6. The number of likely N-dealkylation sites (N-methyl/N-ethyl adjacent to an activating group) is 1. The molecule has 1 fully saturated rings. The standard InChI is InChI=1S/C6H12N2O/c1-8(2)6-3-5(6)7-4-9/h4-6H,3H2,1-2H3,(H,7,9). The molecule has 1 N–H and O–H groups in total. The molecule has 0 bridgehead atoms. The summed E-state index contributed by atoms with van der Waals surface area (Å²) in [4.78, 5) is 12.0. The third kappa shape index (κ3) is 1.42. The van der Waals surface area contributed by atoms with Crippen molar-refractivity contribution < 1.29 is 4.79 Å². The zero-order chi connectivity index (χ0) is 6.85. The van der Waals surface area contributed by atoms with Gasteiger partial charge in [-0.1, -0.05) is 0 Å². The molecule has 0 heterocycles. The quantitative estimate of drug-likeness (QED) is 0.516. The second-order valence-corrected chi connectivity index (χ2v) is 2.66. The summed E-state index contributed by atoms with van der Waals surface area (Å²) >= 11 is 0. The van der Waals surface area contributed by atoms with Crippen LogP contribution in [0.1, 0.15) is 6.42 Å². The molecular weight excluding hydrogens is 116 g/mol. The van der Waals surface area contributed by atoms with Gasteiger partial charge in [0.15, 0.2) is 0 Å². The maximum atomic E-state index is 9.89. The highest BCUT2D eigenvalue weighted by molar-refractivity contribution is 5.48. The van der Waals surface area contributed by atoms with E-state index in [0.717, 1.165) is 12.8 Å². The Morgan fingerprint density at radius 1 is 1.67 bits per heavy atom. The third-order valence-corrected chi connectivity index (χ3v) is 1.70. The fraction of sp³-hybridized carbons (Fsp3) is 0.833. The van der Waals surface area contributed by atoms with Crippen molar-refractivity contribution in [3.63, 3.8) is 0 Å².